The van der Waals surface area contributed by atoms with E-state index < -0.39 is 23.7 Å². The van der Waals surface area contributed by atoms with Gasteiger partial charge in [-0.25, -0.2) is 0 Å². The lowest BCUT2D eigenvalue weighted by Crippen LogP contribution is -2.55. The van der Waals surface area contributed by atoms with Crippen LogP contribution in [0.2, 0.25) is 0 Å². The van der Waals surface area contributed by atoms with Crippen molar-refractivity contribution in [1.29, 1.82) is 0 Å². The van der Waals surface area contributed by atoms with Gasteiger partial charge in [-0.2, -0.15) is 0 Å². The van der Waals surface area contributed by atoms with Crippen molar-refractivity contribution in [3.05, 3.63) is 52.6 Å². The topological polar surface area (TPSA) is 79.2 Å². The predicted molar refractivity (Wildman–Crippen MR) is 112 cm³/mol. The van der Waals surface area contributed by atoms with E-state index in [1.165, 1.54) is 18.9 Å². The summed E-state index contributed by atoms with van der Waals surface area (Å²) in [6.07, 6.45) is 1.99. The minimum Gasteiger partial charge on any atom is -0.494 e. The van der Waals surface area contributed by atoms with Gasteiger partial charge >= 0.3 is 0 Å². The molecule has 1 aliphatic carbocycles. The highest BCUT2D eigenvalue weighted by atomic mass is 35.5. The van der Waals surface area contributed by atoms with Crippen molar-refractivity contribution in [2.75, 3.05) is 13.7 Å². The molecule has 1 fully saturated rings. The molecule has 1 aromatic rings. The van der Waals surface area contributed by atoms with Crippen LogP contribution < -0.4 is 4.74 Å². The van der Waals surface area contributed by atoms with Gasteiger partial charge in [0.05, 0.1) is 12.7 Å². The first kappa shape index (κ1) is 21.7. The van der Waals surface area contributed by atoms with Crippen LogP contribution >= 0.6 is 23.4 Å². The Morgan fingerprint density at radius 1 is 1.11 bits per heavy atom. The number of allylic oxidation sites excluding steroid dienone is 4. The van der Waals surface area contributed by atoms with Gasteiger partial charge in [-0.15, -0.1) is 11.8 Å². The molecule has 28 heavy (non-hydrogen) atoms. The van der Waals surface area contributed by atoms with E-state index in [0.29, 0.717) is 24.5 Å². The van der Waals surface area contributed by atoms with Crippen molar-refractivity contribution in [2.24, 2.45) is 5.92 Å². The summed E-state index contributed by atoms with van der Waals surface area (Å²) < 4.78 is 10.8. The molecule has 6 atom stereocenters. The first-order chi connectivity index (χ1) is 13.4. The Hall–Kier alpha value is -1.02. The summed E-state index contributed by atoms with van der Waals surface area (Å²) >= 11 is 7.81. The van der Waals surface area contributed by atoms with Crippen LogP contribution in [0.1, 0.15) is 18.9 Å². The first-order valence-electron chi connectivity index (χ1n) is 9.45. The third kappa shape index (κ3) is 4.75. The van der Waals surface area contributed by atoms with Gasteiger partial charge in [0.2, 0.25) is 0 Å². The number of aliphatic hydroxyl groups is 3. The fourth-order valence-corrected chi connectivity index (χ4v) is 5.34. The summed E-state index contributed by atoms with van der Waals surface area (Å²) in [6, 6.07) is 7.92. The molecule has 7 heteroatoms. The Kier molecular flexibility index (Phi) is 7.48. The van der Waals surface area contributed by atoms with Crippen molar-refractivity contribution in [3.63, 3.8) is 0 Å². The number of hydrogen-bond donors (Lipinski definition) is 3. The maximum atomic E-state index is 10.5. The van der Waals surface area contributed by atoms with Crippen molar-refractivity contribution in [1.82, 2.24) is 0 Å². The SMILES string of the molecule is CCOc1ccc(CC2=CC([C@@H]3S[C@@H](OC)[C@@H](O)[C@H](O)[C@H]3O)CC=C2Cl)cc1. The van der Waals surface area contributed by atoms with Crippen molar-refractivity contribution < 1.29 is 24.8 Å². The van der Waals surface area contributed by atoms with E-state index in [4.69, 9.17) is 21.1 Å². The van der Waals surface area contributed by atoms with Gasteiger partial charge in [0, 0.05) is 17.4 Å². The lowest BCUT2D eigenvalue weighted by Gasteiger charge is -2.42. The fourth-order valence-electron chi connectivity index (χ4n) is 3.66. The number of methoxy groups -OCH3 is 1. The molecule has 3 N–H and O–H groups in total. The molecule has 1 unspecified atom stereocenters. The summed E-state index contributed by atoms with van der Waals surface area (Å²) in [4.78, 5) is 0. The average Bonchev–Trinajstić information content (AvgIpc) is 2.70. The van der Waals surface area contributed by atoms with Crippen molar-refractivity contribution in [3.8, 4) is 5.75 Å². The van der Waals surface area contributed by atoms with Crippen LogP contribution in [0, 0.1) is 5.92 Å². The molecule has 2 aliphatic rings. The quantitative estimate of drug-likeness (QED) is 0.649. The van der Waals surface area contributed by atoms with E-state index in [-0.39, 0.29) is 11.2 Å². The highest BCUT2D eigenvalue weighted by Gasteiger charge is 2.46. The Morgan fingerprint density at radius 3 is 2.46 bits per heavy atom. The predicted octanol–water partition coefficient (Wildman–Crippen LogP) is 2.87. The largest absolute Gasteiger partial charge is 0.494 e. The normalized spacial score (nSPS) is 33.2. The number of rotatable bonds is 6. The Labute approximate surface area is 175 Å². The molecule has 1 heterocycles. The number of benzene rings is 1. The minimum absolute atomic E-state index is 0.0139. The van der Waals surface area contributed by atoms with E-state index in [9.17, 15) is 15.3 Å². The number of thioether (sulfide) groups is 1. The van der Waals surface area contributed by atoms with Crippen LogP contribution in [0.5, 0.6) is 5.75 Å². The van der Waals surface area contributed by atoms with Crippen LogP contribution in [0.4, 0.5) is 0 Å². The van der Waals surface area contributed by atoms with Crippen LogP contribution in [0.3, 0.4) is 0 Å². The molecular weight excluding hydrogens is 400 g/mol. The molecule has 5 nitrogen and oxygen atoms in total. The van der Waals surface area contributed by atoms with Gasteiger partial charge in [-0.1, -0.05) is 35.9 Å². The summed E-state index contributed by atoms with van der Waals surface area (Å²) in [6.45, 7) is 2.58. The number of ether oxygens (including phenoxy) is 2. The van der Waals surface area contributed by atoms with E-state index in [2.05, 4.69) is 6.08 Å². The Balaban J connectivity index is 1.75. The van der Waals surface area contributed by atoms with E-state index in [1.807, 2.05) is 37.3 Å². The molecule has 0 bridgehead atoms. The maximum Gasteiger partial charge on any atom is 0.131 e. The Bertz CT molecular complexity index is 718. The van der Waals surface area contributed by atoms with Gasteiger partial charge in [-0.3, -0.25) is 0 Å². The van der Waals surface area contributed by atoms with Gasteiger partial charge in [0.1, 0.15) is 23.4 Å². The zero-order chi connectivity index (χ0) is 20.3. The van der Waals surface area contributed by atoms with Gasteiger partial charge < -0.3 is 24.8 Å². The zero-order valence-corrected chi connectivity index (χ0v) is 17.6. The number of halogens is 1. The average molecular weight is 427 g/mol. The van der Waals surface area contributed by atoms with Crippen LogP contribution in [0.15, 0.2) is 47.0 Å². The number of hydrogen-bond acceptors (Lipinski definition) is 6. The molecule has 0 radical (unpaired) electrons. The van der Waals surface area contributed by atoms with Crippen LogP contribution in [0.25, 0.3) is 0 Å². The molecule has 0 amide bonds. The standard InChI is InChI=1S/C21H27ClO5S/c1-3-27-15-7-4-12(5-8-15)10-14-11-13(6-9-16(14)22)20-18(24)17(23)19(25)21(26-2)28-20/h4-5,7-9,11,13,17-21,23-25H,3,6,10H2,1-2H3/t13?,17-,18-,19+,20+,21-/m1/s1. The molecule has 1 aliphatic heterocycles. The monoisotopic (exact) mass is 426 g/mol. The zero-order valence-electron chi connectivity index (χ0n) is 16.0. The highest BCUT2D eigenvalue weighted by Crippen LogP contribution is 2.41. The lowest BCUT2D eigenvalue weighted by molar-refractivity contribution is -0.102. The van der Waals surface area contributed by atoms with Crippen molar-refractivity contribution in [2.45, 2.75) is 48.8 Å². The highest BCUT2D eigenvalue weighted by molar-refractivity contribution is 8.00. The fraction of sp³-hybridized carbons (Fsp3) is 0.524. The third-order valence-electron chi connectivity index (χ3n) is 5.18. The molecule has 1 saturated heterocycles. The van der Waals surface area contributed by atoms with E-state index in [0.717, 1.165) is 16.9 Å². The summed E-state index contributed by atoms with van der Waals surface area (Å²) in [5.41, 5.74) is 1.53. The molecular formula is C21H27ClO5S. The lowest BCUT2D eigenvalue weighted by atomic mass is 9.86. The molecule has 0 spiro atoms. The van der Waals surface area contributed by atoms with E-state index >= 15 is 0 Å². The molecule has 1 aromatic carbocycles. The van der Waals surface area contributed by atoms with Gasteiger partial charge in [0.25, 0.3) is 0 Å². The smallest absolute Gasteiger partial charge is 0.131 e. The van der Waals surface area contributed by atoms with Gasteiger partial charge in [0.15, 0.2) is 0 Å². The first-order valence-corrected chi connectivity index (χ1v) is 10.8. The summed E-state index contributed by atoms with van der Waals surface area (Å²) in [7, 11) is 1.49. The second-order valence-electron chi connectivity index (χ2n) is 7.07. The second kappa shape index (κ2) is 9.65. The minimum atomic E-state index is -1.24. The third-order valence-corrected chi connectivity index (χ3v) is 7.26. The maximum absolute atomic E-state index is 10.5. The van der Waals surface area contributed by atoms with E-state index in [1.54, 1.807) is 0 Å². The molecule has 154 valence electrons. The van der Waals surface area contributed by atoms with Crippen LogP contribution in [-0.2, 0) is 11.2 Å². The second-order valence-corrected chi connectivity index (χ2v) is 8.76. The Morgan fingerprint density at radius 2 is 1.82 bits per heavy atom. The van der Waals surface area contributed by atoms with Crippen LogP contribution in [-0.4, -0.2) is 58.0 Å². The van der Waals surface area contributed by atoms with Crippen molar-refractivity contribution >= 4 is 23.4 Å². The summed E-state index contributed by atoms with van der Waals surface area (Å²) in [5, 5.41) is 31.2. The van der Waals surface area contributed by atoms with Gasteiger partial charge in [-0.05, 0) is 49.0 Å². The molecule has 0 aromatic heterocycles. The number of aliphatic hydroxyl groups excluding tert-OH is 3. The summed E-state index contributed by atoms with van der Waals surface area (Å²) in [5.74, 6) is 0.822. The molecule has 0 saturated carbocycles. The molecule has 3 rings (SSSR count).